The maximum absolute atomic E-state index is 11.8. The number of pyridine rings is 1. The maximum atomic E-state index is 11.8. The lowest BCUT2D eigenvalue weighted by Crippen LogP contribution is -2.32. The molecule has 1 aromatic heterocycles. The monoisotopic (exact) mass is 572 g/mol. The Hall–Kier alpha value is -4.04. The van der Waals surface area contributed by atoms with Crippen molar-refractivity contribution in [1.29, 1.82) is 0 Å². The number of carbonyl (C=O) groups excluding carboxylic acids is 1. The largest absolute Gasteiger partial charge is 0.513 e. The standard InChI is InChI=1S/C18H19NO4.C16H21NO2/c1-22-14-6-5-12-3-4-13(15(12)9-14)10-19-8-7-17(20)16(11-19)18(21)23-2;1-19-15-5-4-12-2-3-13(16(12)10-15)11-17-8-6-14(18)7-9-17/h5-9,11,13H,3-4,10H2,1-2H3;4-6,10,13,18H,2-3,7-9,11H2,1H3. The molecule has 1 N–H and O–H groups in total. The number of hydrogen-bond acceptors (Lipinski definition) is 7. The second kappa shape index (κ2) is 13.3. The summed E-state index contributed by atoms with van der Waals surface area (Å²) in [6.45, 7) is 3.65. The van der Waals surface area contributed by atoms with Crippen LogP contribution in [0.15, 0.2) is 71.5 Å². The van der Waals surface area contributed by atoms with E-state index in [1.807, 2.05) is 16.7 Å². The number of aromatic nitrogens is 1. The minimum absolute atomic E-state index is 0.0684. The lowest BCUT2D eigenvalue weighted by Gasteiger charge is -2.27. The topological polar surface area (TPSA) is 90.2 Å². The molecule has 2 atom stereocenters. The van der Waals surface area contributed by atoms with Crippen LogP contribution in [0.2, 0.25) is 0 Å². The van der Waals surface area contributed by atoms with Crippen LogP contribution in [0.3, 0.4) is 0 Å². The number of ether oxygens (including phenoxy) is 3. The van der Waals surface area contributed by atoms with Gasteiger partial charge in [0.25, 0.3) is 0 Å². The molecule has 1 aliphatic heterocycles. The average molecular weight is 573 g/mol. The van der Waals surface area contributed by atoms with Crippen molar-refractivity contribution in [3.63, 3.8) is 0 Å². The van der Waals surface area contributed by atoms with Gasteiger partial charge in [-0.1, -0.05) is 12.1 Å². The number of aliphatic hydroxyl groups is 1. The van der Waals surface area contributed by atoms with Gasteiger partial charge >= 0.3 is 5.97 Å². The molecule has 2 aromatic carbocycles. The van der Waals surface area contributed by atoms with Crippen molar-refractivity contribution in [2.24, 2.45) is 0 Å². The molecular weight excluding hydrogens is 532 g/mol. The van der Waals surface area contributed by atoms with Crippen molar-refractivity contribution < 1.29 is 24.1 Å². The molecule has 0 bridgehead atoms. The van der Waals surface area contributed by atoms with Gasteiger partial charge in [-0.25, -0.2) is 4.79 Å². The number of rotatable bonds is 7. The van der Waals surface area contributed by atoms with Crippen LogP contribution in [0.25, 0.3) is 0 Å². The first-order chi connectivity index (χ1) is 20.4. The lowest BCUT2D eigenvalue weighted by atomic mass is 10.00. The zero-order valence-corrected chi connectivity index (χ0v) is 24.7. The van der Waals surface area contributed by atoms with E-state index in [9.17, 15) is 14.7 Å². The Morgan fingerprint density at radius 2 is 1.50 bits per heavy atom. The van der Waals surface area contributed by atoms with Crippen molar-refractivity contribution in [1.82, 2.24) is 9.47 Å². The fourth-order valence-corrected chi connectivity index (χ4v) is 6.30. The first-order valence-corrected chi connectivity index (χ1v) is 14.6. The van der Waals surface area contributed by atoms with Gasteiger partial charge in [0, 0.05) is 57.0 Å². The normalized spacial score (nSPS) is 19.2. The van der Waals surface area contributed by atoms with Crippen LogP contribution in [-0.2, 0) is 24.1 Å². The van der Waals surface area contributed by atoms with Crippen LogP contribution >= 0.6 is 0 Å². The number of aliphatic hydroxyl groups excluding tert-OH is 1. The Kier molecular flexibility index (Phi) is 9.32. The maximum Gasteiger partial charge on any atom is 0.343 e. The van der Waals surface area contributed by atoms with E-state index < -0.39 is 5.97 Å². The summed E-state index contributed by atoms with van der Waals surface area (Å²) in [7, 11) is 4.67. The molecule has 0 amide bonds. The van der Waals surface area contributed by atoms with Gasteiger partial charge < -0.3 is 23.9 Å². The third-order valence-electron chi connectivity index (χ3n) is 8.67. The zero-order chi connectivity index (χ0) is 29.6. The molecule has 0 saturated carbocycles. The molecule has 0 spiro atoms. The molecule has 0 saturated heterocycles. The number of hydrogen-bond donors (Lipinski definition) is 1. The highest BCUT2D eigenvalue weighted by molar-refractivity contribution is 5.88. The van der Waals surface area contributed by atoms with E-state index in [2.05, 4.69) is 40.0 Å². The molecule has 8 nitrogen and oxygen atoms in total. The molecule has 3 aliphatic rings. The third-order valence-corrected chi connectivity index (χ3v) is 8.67. The van der Waals surface area contributed by atoms with Crippen molar-refractivity contribution in [2.45, 2.75) is 50.5 Å². The van der Waals surface area contributed by atoms with Gasteiger partial charge in [-0.3, -0.25) is 9.69 Å². The lowest BCUT2D eigenvalue weighted by molar-refractivity contribution is 0.0598. The highest BCUT2D eigenvalue weighted by Gasteiger charge is 2.26. The van der Waals surface area contributed by atoms with Crippen LogP contribution in [0, 0.1) is 0 Å². The number of carbonyl (C=O) groups is 1. The molecule has 6 rings (SSSR count). The SMILES string of the molecule is COC(=O)c1cn(CC2CCc3ccc(OC)cc32)ccc1=O.COc1ccc2c(c1)C(CN1CC=C(O)CC1)CC2. The average Bonchev–Trinajstić information content (AvgIpc) is 3.61. The Morgan fingerprint density at radius 1 is 0.881 bits per heavy atom. The predicted octanol–water partition coefficient (Wildman–Crippen LogP) is 5.25. The molecule has 3 aromatic rings. The molecule has 0 radical (unpaired) electrons. The highest BCUT2D eigenvalue weighted by atomic mass is 16.5. The van der Waals surface area contributed by atoms with Crippen molar-refractivity contribution in [3.8, 4) is 11.5 Å². The summed E-state index contributed by atoms with van der Waals surface area (Å²) in [6.07, 6.45) is 10.5. The quantitative estimate of drug-likeness (QED) is 0.387. The van der Waals surface area contributed by atoms with Gasteiger partial charge in [-0.15, -0.1) is 0 Å². The molecule has 2 heterocycles. The Balaban J connectivity index is 0.000000171. The van der Waals surface area contributed by atoms with Crippen LogP contribution in [0.1, 0.15) is 63.7 Å². The number of methoxy groups -OCH3 is 3. The van der Waals surface area contributed by atoms with Gasteiger partial charge in [0.1, 0.15) is 17.1 Å². The molecule has 2 aliphatic carbocycles. The summed E-state index contributed by atoms with van der Waals surface area (Å²) >= 11 is 0. The Labute approximate surface area is 247 Å². The van der Waals surface area contributed by atoms with Crippen LogP contribution in [0.5, 0.6) is 11.5 Å². The third kappa shape index (κ3) is 6.71. The predicted molar refractivity (Wildman–Crippen MR) is 162 cm³/mol. The van der Waals surface area contributed by atoms with E-state index in [4.69, 9.17) is 9.47 Å². The second-order valence-electron chi connectivity index (χ2n) is 11.2. The van der Waals surface area contributed by atoms with Crippen molar-refractivity contribution in [2.75, 3.05) is 41.0 Å². The molecule has 0 fully saturated rings. The molecule has 2 unspecified atom stereocenters. The number of benzene rings is 2. The molecule has 8 heteroatoms. The molecule has 222 valence electrons. The fraction of sp³-hybridized carbons (Fsp3) is 0.412. The van der Waals surface area contributed by atoms with E-state index in [-0.39, 0.29) is 11.0 Å². The zero-order valence-electron chi connectivity index (χ0n) is 24.7. The number of nitrogens with zero attached hydrogens (tertiary/aromatic N) is 2. The van der Waals surface area contributed by atoms with E-state index in [1.165, 1.54) is 48.3 Å². The summed E-state index contributed by atoms with van der Waals surface area (Å²) in [5, 5.41) is 9.43. The summed E-state index contributed by atoms with van der Waals surface area (Å²) in [6, 6.07) is 14.0. The first-order valence-electron chi connectivity index (χ1n) is 14.6. The Bertz CT molecular complexity index is 1510. The van der Waals surface area contributed by atoms with Crippen molar-refractivity contribution >= 4 is 5.97 Å². The van der Waals surface area contributed by atoms with E-state index >= 15 is 0 Å². The molecule has 42 heavy (non-hydrogen) atoms. The van der Waals surface area contributed by atoms with Crippen molar-refractivity contribution in [3.05, 3.63) is 105 Å². The first kappa shape index (κ1) is 29.5. The van der Waals surface area contributed by atoms with Gasteiger partial charge in [-0.05, 0) is 84.2 Å². The van der Waals surface area contributed by atoms with Gasteiger partial charge in [0.2, 0.25) is 0 Å². The number of fused-ring (bicyclic) bond motifs is 2. The van der Waals surface area contributed by atoms with Crippen LogP contribution in [0.4, 0.5) is 0 Å². The minimum atomic E-state index is -0.599. The Morgan fingerprint density at radius 3 is 2.05 bits per heavy atom. The highest BCUT2D eigenvalue weighted by Crippen LogP contribution is 2.37. The fourth-order valence-electron chi connectivity index (χ4n) is 6.30. The summed E-state index contributed by atoms with van der Waals surface area (Å²) in [4.78, 5) is 25.8. The van der Waals surface area contributed by atoms with Gasteiger partial charge in [0.05, 0.1) is 27.1 Å². The molecular formula is C34H40N2O6. The smallest absolute Gasteiger partial charge is 0.343 e. The van der Waals surface area contributed by atoms with Crippen LogP contribution < -0.4 is 14.9 Å². The van der Waals surface area contributed by atoms with Crippen LogP contribution in [-0.4, -0.2) is 61.5 Å². The van der Waals surface area contributed by atoms with Gasteiger partial charge in [-0.2, -0.15) is 0 Å². The van der Waals surface area contributed by atoms with E-state index in [0.717, 1.165) is 50.4 Å². The number of esters is 1. The summed E-state index contributed by atoms with van der Waals surface area (Å²) in [5.41, 5.74) is 5.30. The van der Waals surface area contributed by atoms with E-state index in [1.54, 1.807) is 26.6 Å². The second-order valence-corrected chi connectivity index (χ2v) is 11.2. The van der Waals surface area contributed by atoms with E-state index in [0.29, 0.717) is 24.1 Å². The van der Waals surface area contributed by atoms with Gasteiger partial charge in [0.15, 0.2) is 5.43 Å². The number of aryl methyl sites for hydroxylation is 2. The summed E-state index contributed by atoms with van der Waals surface area (Å²) < 4.78 is 17.2. The minimum Gasteiger partial charge on any atom is -0.513 e. The summed E-state index contributed by atoms with van der Waals surface area (Å²) in [5.74, 6) is 2.71.